The fourth-order valence-electron chi connectivity index (χ4n) is 4.94. The van der Waals surface area contributed by atoms with Crippen molar-refractivity contribution in [1.29, 1.82) is 0 Å². The van der Waals surface area contributed by atoms with Gasteiger partial charge in [-0.1, -0.05) is 6.07 Å². The lowest BCUT2D eigenvalue weighted by Gasteiger charge is -2.19. The molecule has 1 saturated heterocycles. The molecule has 3 aliphatic rings. The first-order valence-electron chi connectivity index (χ1n) is 10.8. The van der Waals surface area contributed by atoms with E-state index in [1.54, 1.807) is 17.1 Å². The van der Waals surface area contributed by atoms with Crippen molar-refractivity contribution in [2.24, 2.45) is 18.9 Å². The lowest BCUT2D eigenvalue weighted by Crippen LogP contribution is -2.27. The maximum Gasteiger partial charge on any atom is 0.255 e. The van der Waals surface area contributed by atoms with Crippen LogP contribution in [-0.2, 0) is 20.0 Å². The van der Waals surface area contributed by atoms with E-state index in [9.17, 15) is 4.79 Å². The Labute approximate surface area is 188 Å². The summed E-state index contributed by atoms with van der Waals surface area (Å²) in [5.74, 6) is 2.67. The molecule has 2 aliphatic carbocycles. The number of anilines is 1. The summed E-state index contributed by atoms with van der Waals surface area (Å²) in [6, 6.07) is 4.15. The van der Waals surface area contributed by atoms with Gasteiger partial charge in [0.15, 0.2) is 0 Å². The van der Waals surface area contributed by atoms with E-state index in [0.717, 1.165) is 59.4 Å². The van der Waals surface area contributed by atoms with Crippen LogP contribution in [0.25, 0.3) is 0 Å². The van der Waals surface area contributed by atoms with Crippen LogP contribution in [0.4, 0.5) is 5.82 Å². The van der Waals surface area contributed by atoms with E-state index >= 15 is 0 Å². The van der Waals surface area contributed by atoms with E-state index < -0.39 is 0 Å². The smallest absolute Gasteiger partial charge is 0.255 e. The van der Waals surface area contributed by atoms with Gasteiger partial charge in [-0.2, -0.15) is 5.10 Å². The monoisotopic (exact) mass is 481 g/mol. The standard InChI is InChI=1S/C22H24BrN7O/c1-28-12-24-20-17(3-4-18(20)28)26-22(31)16-7-25-30(11-16)10-13-2-5-19(27-21(13)23)29-8-14-6-15(14)9-29/h2,5,7,11-12,14-15,17H,3-4,6,8-10H2,1H3,(H,26,31)/t14?,15?,17-/m1/s1. The van der Waals surface area contributed by atoms with Crippen molar-refractivity contribution in [2.45, 2.75) is 31.8 Å². The lowest BCUT2D eigenvalue weighted by molar-refractivity contribution is 0.0936. The third-order valence-corrected chi connectivity index (χ3v) is 7.53. The van der Waals surface area contributed by atoms with Gasteiger partial charge in [0.1, 0.15) is 10.4 Å². The molecule has 1 saturated carbocycles. The molecule has 1 aliphatic heterocycles. The van der Waals surface area contributed by atoms with Crippen molar-refractivity contribution in [2.75, 3.05) is 18.0 Å². The molecule has 3 atom stereocenters. The van der Waals surface area contributed by atoms with Crippen LogP contribution in [0.5, 0.6) is 0 Å². The number of aryl methyl sites for hydroxylation is 1. The summed E-state index contributed by atoms with van der Waals surface area (Å²) < 4.78 is 4.64. The Balaban J connectivity index is 1.12. The minimum Gasteiger partial charge on any atom is -0.356 e. The van der Waals surface area contributed by atoms with Crippen LogP contribution in [0.1, 0.15) is 46.2 Å². The number of hydrogen-bond donors (Lipinski definition) is 1. The van der Waals surface area contributed by atoms with Crippen LogP contribution in [-0.4, -0.2) is 43.3 Å². The number of piperidine rings is 1. The molecular weight excluding hydrogens is 458 g/mol. The quantitative estimate of drug-likeness (QED) is 0.566. The summed E-state index contributed by atoms with van der Waals surface area (Å²) in [4.78, 5) is 24.3. The number of rotatable bonds is 5. The van der Waals surface area contributed by atoms with E-state index in [-0.39, 0.29) is 11.9 Å². The number of fused-ring (bicyclic) bond motifs is 2. The predicted molar refractivity (Wildman–Crippen MR) is 119 cm³/mol. The summed E-state index contributed by atoms with van der Waals surface area (Å²) >= 11 is 3.62. The molecule has 0 spiro atoms. The number of pyridine rings is 1. The van der Waals surface area contributed by atoms with Crippen molar-refractivity contribution in [3.63, 3.8) is 0 Å². The van der Waals surface area contributed by atoms with Crippen LogP contribution in [0.2, 0.25) is 0 Å². The van der Waals surface area contributed by atoms with Crippen molar-refractivity contribution in [3.8, 4) is 0 Å². The van der Waals surface area contributed by atoms with Crippen molar-refractivity contribution < 1.29 is 4.79 Å². The van der Waals surface area contributed by atoms with Crippen molar-refractivity contribution in [1.82, 2.24) is 29.6 Å². The van der Waals surface area contributed by atoms with Crippen LogP contribution in [0.15, 0.2) is 35.5 Å². The number of nitrogens with one attached hydrogen (secondary N) is 1. The van der Waals surface area contributed by atoms with E-state index in [1.165, 1.54) is 12.1 Å². The summed E-state index contributed by atoms with van der Waals surface area (Å²) in [6.45, 7) is 2.81. The van der Waals surface area contributed by atoms with Crippen molar-refractivity contribution in [3.05, 3.63) is 58.0 Å². The molecule has 31 heavy (non-hydrogen) atoms. The number of aromatic nitrogens is 5. The fraction of sp³-hybridized carbons (Fsp3) is 0.455. The average Bonchev–Trinajstić information content (AvgIpc) is 3.22. The van der Waals surface area contributed by atoms with E-state index in [1.807, 2.05) is 17.9 Å². The largest absolute Gasteiger partial charge is 0.356 e. The number of amides is 1. The van der Waals surface area contributed by atoms with Gasteiger partial charge < -0.3 is 14.8 Å². The van der Waals surface area contributed by atoms with Gasteiger partial charge in [0.2, 0.25) is 0 Å². The number of carbonyl (C=O) groups is 1. The molecule has 3 aromatic heterocycles. The first-order chi connectivity index (χ1) is 15.0. The SMILES string of the molecule is Cn1cnc2c1CC[C@H]2NC(=O)c1cnn(Cc2ccc(N3CC4CC4C3)nc2Br)c1. The molecule has 6 rings (SSSR count). The summed E-state index contributed by atoms with van der Waals surface area (Å²) in [7, 11) is 1.99. The van der Waals surface area contributed by atoms with E-state index in [2.05, 4.69) is 48.4 Å². The third-order valence-electron chi connectivity index (χ3n) is 6.84. The van der Waals surface area contributed by atoms with Gasteiger partial charge in [-0.15, -0.1) is 0 Å². The second kappa shape index (κ2) is 7.19. The van der Waals surface area contributed by atoms with Gasteiger partial charge in [0.05, 0.1) is 36.4 Å². The highest BCUT2D eigenvalue weighted by Crippen LogP contribution is 2.46. The number of imidazole rings is 1. The number of hydrogen-bond acceptors (Lipinski definition) is 5. The first-order valence-corrected chi connectivity index (χ1v) is 11.6. The third kappa shape index (κ3) is 3.44. The highest BCUT2D eigenvalue weighted by atomic mass is 79.9. The molecule has 2 fully saturated rings. The van der Waals surface area contributed by atoms with Crippen LogP contribution in [0, 0.1) is 11.8 Å². The molecule has 1 amide bonds. The molecule has 0 aromatic carbocycles. The Hall–Kier alpha value is -2.68. The highest BCUT2D eigenvalue weighted by molar-refractivity contribution is 9.10. The lowest BCUT2D eigenvalue weighted by atomic mass is 10.2. The molecule has 8 nitrogen and oxygen atoms in total. The molecule has 2 unspecified atom stereocenters. The van der Waals surface area contributed by atoms with Gasteiger partial charge in [-0.3, -0.25) is 9.48 Å². The van der Waals surface area contributed by atoms with Gasteiger partial charge in [-0.05, 0) is 53.1 Å². The Morgan fingerprint density at radius 2 is 2.13 bits per heavy atom. The summed E-state index contributed by atoms with van der Waals surface area (Å²) in [5, 5.41) is 7.49. The maximum atomic E-state index is 12.7. The normalized spacial score (nSPS) is 23.7. The van der Waals surface area contributed by atoms with Crippen LogP contribution in [0.3, 0.4) is 0 Å². The Bertz CT molecular complexity index is 1160. The molecule has 9 heteroatoms. The zero-order valence-electron chi connectivity index (χ0n) is 17.3. The maximum absolute atomic E-state index is 12.7. The van der Waals surface area contributed by atoms with Gasteiger partial charge in [0, 0.05) is 37.6 Å². The van der Waals surface area contributed by atoms with E-state index in [4.69, 9.17) is 4.98 Å². The van der Waals surface area contributed by atoms with Crippen LogP contribution >= 0.6 is 15.9 Å². The zero-order valence-corrected chi connectivity index (χ0v) is 18.9. The molecule has 3 aromatic rings. The molecule has 0 bridgehead atoms. The van der Waals surface area contributed by atoms with Crippen molar-refractivity contribution >= 4 is 27.7 Å². The zero-order chi connectivity index (χ0) is 21.1. The average molecular weight is 482 g/mol. The summed E-state index contributed by atoms with van der Waals surface area (Å²) in [6.07, 6.45) is 8.43. The van der Waals surface area contributed by atoms with Gasteiger partial charge in [0.25, 0.3) is 5.91 Å². The van der Waals surface area contributed by atoms with E-state index in [0.29, 0.717) is 12.1 Å². The second-order valence-electron chi connectivity index (χ2n) is 8.96. The number of carbonyl (C=O) groups excluding carboxylic acids is 1. The molecule has 160 valence electrons. The highest BCUT2D eigenvalue weighted by Gasteiger charge is 2.45. The molecular formula is C22H24BrN7O. The Morgan fingerprint density at radius 3 is 2.94 bits per heavy atom. The molecule has 4 heterocycles. The fourth-order valence-corrected chi connectivity index (χ4v) is 5.38. The Morgan fingerprint density at radius 1 is 1.29 bits per heavy atom. The first kappa shape index (κ1) is 19.0. The number of halogens is 1. The second-order valence-corrected chi connectivity index (χ2v) is 9.71. The Kier molecular flexibility index (Phi) is 4.41. The van der Waals surface area contributed by atoms with Gasteiger partial charge >= 0.3 is 0 Å². The topological polar surface area (TPSA) is 80.9 Å². The summed E-state index contributed by atoms with van der Waals surface area (Å²) in [5.41, 5.74) is 3.78. The molecule has 1 N–H and O–H groups in total. The predicted octanol–water partition coefficient (Wildman–Crippen LogP) is 2.70. The minimum atomic E-state index is -0.116. The van der Waals surface area contributed by atoms with Crippen LogP contribution < -0.4 is 10.2 Å². The molecule has 0 radical (unpaired) electrons. The number of nitrogens with zero attached hydrogens (tertiary/aromatic N) is 6. The minimum absolute atomic E-state index is 0.0328. The van der Waals surface area contributed by atoms with Gasteiger partial charge in [-0.25, -0.2) is 9.97 Å².